The van der Waals surface area contributed by atoms with Crippen LogP contribution in [0.2, 0.25) is 0 Å². The van der Waals surface area contributed by atoms with Crippen LogP contribution < -0.4 is 10.6 Å². The zero-order valence-corrected chi connectivity index (χ0v) is 9.48. The minimum Gasteiger partial charge on any atom is -0.397 e. The zero-order chi connectivity index (χ0) is 11.0. The fourth-order valence-corrected chi connectivity index (χ4v) is 2.88. The van der Waals surface area contributed by atoms with Crippen LogP contribution in [0.4, 0.5) is 11.4 Å². The van der Waals surface area contributed by atoms with Crippen LogP contribution in [0.15, 0.2) is 18.2 Å². The predicted octanol–water partition coefficient (Wildman–Crippen LogP) is 1.81. The number of nitrogens with zero attached hydrogens (tertiary/aromatic N) is 1. The Morgan fingerprint density at radius 2 is 2.06 bits per heavy atom. The first-order chi connectivity index (χ1) is 7.86. The number of nitrogens with two attached hydrogens (primary N) is 1. The van der Waals surface area contributed by atoms with Gasteiger partial charge in [0.15, 0.2) is 0 Å². The maximum atomic E-state index is 6.10. The SMILES string of the molecule is Nc1cccc2c1N(C1CCOCC1)CC2. The normalized spacial score (nSPS) is 21.1. The molecule has 0 atom stereocenters. The Balaban J connectivity index is 1.89. The summed E-state index contributed by atoms with van der Waals surface area (Å²) in [7, 11) is 0. The molecule has 86 valence electrons. The van der Waals surface area contributed by atoms with Crippen molar-refractivity contribution in [3.05, 3.63) is 23.8 Å². The summed E-state index contributed by atoms with van der Waals surface area (Å²) in [6.45, 7) is 2.90. The summed E-state index contributed by atoms with van der Waals surface area (Å²) in [5.41, 5.74) is 9.72. The minimum absolute atomic E-state index is 0.625. The largest absolute Gasteiger partial charge is 0.397 e. The van der Waals surface area contributed by atoms with Crippen molar-refractivity contribution in [3.63, 3.8) is 0 Å². The van der Waals surface area contributed by atoms with E-state index in [0.29, 0.717) is 6.04 Å². The highest BCUT2D eigenvalue weighted by Gasteiger charge is 2.28. The first kappa shape index (κ1) is 9.97. The van der Waals surface area contributed by atoms with Crippen LogP contribution in [0.25, 0.3) is 0 Å². The number of rotatable bonds is 1. The van der Waals surface area contributed by atoms with Crippen molar-refractivity contribution in [1.29, 1.82) is 0 Å². The van der Waals surface area contributed by atoms with E-state index in [-0.39, 0.29) is 0 Å². The first-order valence-corrected chi connectivity index (χ1v) is 6.08. The smallest absolute Gasteiger partial charge is 0.0635 e. The van der Waals surface area contributed by atoms with Crippen LogP contribution in [-0.4, -0.2) is 25.8 Å². The summed E-state index contributed by atoms with van der Waals surface area (Å²) in [6.07, 6.45) is 3.40. The highest BCUT2D eigenvalue weighted by atomic mass is 16.5. The molecule has 0 saturated carbocycles. The maximum absolute atomic E-state index is 6.10. The minimum atomic E-state index is 0.625. The molecule has 0 aromatic heterocycles. The van der Waals surface area contributed by atoms with Gasteiger partial charge in [0, 0.05) is 25.8 Å². The molecule has 1 saturated heterocycles. The van der Waals surface area contributed by atoms with Gasteiger partial charge in [-0.2, -0.15) is 0 Å². The van der Waals surface area contributed by atoms with Crippen LogP contribution in [0.3, 0.4) is 0 Å². The summed E-state index contributed by atoms with van der Waals surface area (Å²) in [4.78, 5) is 2.49. The number of fused-ring (bicyclic) bond motifs is 1. The molecule has 1 aromatic rings. The number of ether oxygens (including phenoxy) is 1. The monoisotopic (exact) mass is 218 g/mol. The van der Waals surface area contributed by atoms with Crippen molar-refractivity contribution in [3.8, 4) is 0 Å². The standard InChI is InChI=1S/C13H18N2O/c14-12-3-1-2-10-4-7-15(13(10)12)11-5-8-16-9-6-11/h1-3,11H,4-9,14H2. The molecule has 16 heavy (non-hydrogen) atoms. The Kier molecular flexibility index (Phi) is 2.48. The fraction of sp³-hybridized carbons (Fsp3) is 0.538. The summed E-state index contributed by atoms with van der Waals surface area (Å²) in [6, 6.07) is 6.89. The highest BCUT2D eigenvalue weighted by Crippen LogP contribution is 2.36. The molecule has 0 aliphatic carbocycles. The Morgan fingerprint density at radius 3 is 2.88 bits per heavy atom. The molecule has 3 rings (SSSR count). The van der Waals surface area contributed by atoms with Crippen LogP contribution in [0.5, 0.6) is 0 Å². The molecule has 2 N–H and O–H groups in total. The first-order valence-electron chi connectivity index (χ1n) is 6.08. The quantitative estimate of drug-likeness (QED) is 0.731. The van der Waals surface area contributed by atoms with Crippen LogP contribution >= 0.6 is 0 Å². The van der Waals surface area contributed by atoms with E-state index in [1.165, 1.54) is 11.3 Å². The van der Waals surface area contributed by atoms with E-state index in [0.717, 1.165) is 44.7 Å². The third kappa shape index (κ3) is 1.55. The van der Waals surface area contributed by atoms with Crippen LogP contribution in [-0.2, 0) is 11.2 Å². The van der Waals surface area contributed by atoms with Gasteiger partial charge >= 0.3 is 0 Å². The molecule has 0 amide bonds. The van der Waals surface area contributed by atoms with E-state index in [2.05, 4.69) is 17.0 Å². The van der Waals surface area contributed by atoms with E-state index in [9.17, 15) is 0 Å². The number of benzene rings is 1. The molecule has 2 heterocycles. The molecule has 1 fully saturated rings. The molecule has 3 heteroatoms. The second-order valence-corrected chi connectivity index (χ2v) is 4.64. The Morgan fingerprint density at radius 1 is 1.25 bits per heavy atom. The van der Waals surface area contributed by atoms with E-state index in [1.54, 1.807) is 0 Å². The van der Waals surface area contributed by atoms with E-state index < -0.39 is 0 Å². The molecule has 0 unspecified atom stereocenters. The van der Waals surface area contributed by atoms with Crippen molar-refractivity contribution >= 4 is 11.4 Å². The van der Waals surface area contributed by atoms with Gasteiger partial charge in [0.05, 0.1) is 11.4 Å². The summed E-state index contributed by atoms with van der Waals surface area (Å²) in [5.74, 6) is 0. The summed E-state index contributed by atoms with van der Waals surface area (Å²) >= 11 is 0. The number of hydrogen-bond acceptors (Lipinski definition) is 3. The van der Waals surface area contributed by atoms with Gasteiger partial charge in [-0.1, -0.05) is 12.1 Å². The van der Waals surface area contributed by atoms with Crippen LogP contribution in [0.1, 0.15) is 18.4 Å². The van der Waals surface area contributed by atoms with E-state index in [4.69, 9.17) is 10.5 Å². The van der Waals surface area contributed by atoms with Crippen molar-refractivity contribution in [2.75, 3.05) is 30.4 Å². The molecule has 3 nitrogen and oxygen atoms in total. The number of hydrogen-bond donors (Lipinski definition) is 1. The average molecular weight is 218 g/mol. The molecule has 0 bridgehead atoms. The van der Waals surface area contributed by atoms with Crippen molar-refractivity contribution in [2.24, 2.45) is 0 Å². The Hall–Kier alpha value is -1.22. The third-order valence-electron chi connectivity index (χ3n) is 3.69. The van der Waals surface area contributed by atoms with Gasteiger partial charge in [-0.05, 0) is 30.9 Å². The summed E-state index contributed by atoms with van der Waals surface area (Å²) < 4.78 is 5.42. The lowest BCUT2D eigenvalue weighted by Crippen LogP contribution is -2.38. The lowest BCUT2D eigenvalue weighted by Gasteiger charge is -2.33. The van der Waals surface area contributed by atoms with Gasteiger partial charge in [0.25, 0.3) is 0 Å². The number of nitrogen functional groups attached to an aromatic ring is 1. The van der Waals surface area contributed by atoms with Gasteiger partial charge in [0.2, 0.25) is 0 Å². The number of para-hydroxylation sites is 1. The molecule has 0 spiro atoms. The van der Waals surface area contributed by atoms with E-state index >= 15 is 0 Å². The Labute approximate surface area is 96.2 Å². The lowest BCUT2D eigenvalue weighted by molar-refractivity contribution is 0.0848. The van der Waals surface area contributed by atoms with Crippen molar-refractivity contribution in [1.82, 2.24) is 0 Å². The maximum Gasteiger partial charge on any atom is 0.0635 e. The summed E-state index contributed by atoms with van der Waals surface area (Å²) in [5, 5.41) is 0. The topological polar surface area (TPSA) is 38.5 Å². The zero-order valence-electron chi connectivity index (χ0n) is 9.48. The fourth-order valence-electron chi connectivity index (χ4n) is 2.88. The van der Waals surface area contributed by atoms with Gasteiger partial charge in [0.1, 0.15) is 0 Å². The molecule has 0 radical (unpaired) electrons. The van der Waals surface area contributed by atoms with Crippen LogP contribution in [0, 0.1) is 0 Å². The molecular formula is C13H18N2O. The van der Waals surface area contributed by atoms with E-state index in [1.807, 2.05) is 6.07 Å². The molecular weight excluding hydrogens is 200 g/mol. The van der Waals surface area contributed by atoms with Gasteiger partial charge < -0.3 is 15.4 Å². The molecule has 2 aliphatic heterocycles. The van der Waals surface area contributed by atoms with Crippen molar-refractivity contribution < 1.29 is 4.74 Å². The highest BCUT2D eigenvalue weighted by molar-refractivity contribution is 5.74. The van der Waals surface area contributed by atoms with Gasteiger partial charge in [-0.25, -0.2) is 0 Å². The molecule has 1 aromatic carbocycles. The Bertz CT molecular complexity index is 386. The predicted molar refractivity (Wildman–Crippen MR) is 65.7 cm³/mol. The average Bonchev–Trinajstić information content (AvgIpc) is 2.75. The third-order valence-corrected chi connectivity index (χ3v) is 3.69. The second-order valence-electron chi connectivity index (χ2n) is 4.64. The van der Waals surface area contributed by atoms with Gasteiger partial charge in [-0.3, -0.25) is 0 Å². The lowest BCUT2D eigenvalue weighted by atomic mass is 10.1. The van der Waals surface area contributed by atoms with Gasteiger partial charge in [-0.15, -0.1) is 0 Å². The second kappa shape index (κ2) is 3.98. The van der Waals surface area contributed by atoms with Crippen molar-refractivity contribution in [2.45, 2.75) is 25.3 Å². The number of anilines is 2. The molecule has 2 aliphatic rings.